The van der Waals surface area contributed by atoms with Gasteiger partial charge in [0.05, 0.1) is 12.9 Å². The molecule has 0 atom stereocenters. The molecule has 2 heterocycles. The van der Waals surface area contributed by atoms with E-state index in [1.807, 2.05) is 30.5 Å². The number of rotatable bonds is 9. The van der Waals surface area contributed by atoms with Crippen LogP contribution in [0.3, 0.4) is 0 Å². The number of likely N-dealkylation sites (tertiary alicyclic amines) is 1. The van der Waals surface area contributed by atoms with E-state index in [0.717, 1.165) is 45.3 Å². The lowest BCUT2D eigenvalue weighted by molar-refractivity contribution is 0.209. The average molecular weight is 404 g/mol. The van der Waals surface area contributed by atoms with Gasteiger partial charge in [0.15, 0.2) is 0 Å². The van der Waals surface area contributed by atoms with E-state index in [9.17, 15) is 8.42 Å². The average Bonchev–Trinajstić information content (AvgIpc) is 2.68. The Morgan fingerprint density at radius 2 is 1.82 bits per heavy atom. The Kier molecular flexibility index (Phi) is 7.42. The molecular formula is C21H29N3O3S. The first-order valence-corrected chi connectivity index (χ1v) is 11.7. The summed E-state index contributed by atoms with van der Waals surface area (Å²) in [6.45, 7) is 3.41. The van der Waals surface area contributed by atoms with Crippen LogP contribution in [0.4, 0.5) is 0 Å². The van der Waals surface area contributed by atoms with Gasteiger partial charge in [-0.3, -0.25) is 0 Å². The second kappa shape index (κ2) is 10.0. The highest BCUT2D eigenvalue weighted by molar-refractivity contribution is 7.88. The summed E-state index contributed by atoms with van der Waals surface area (Å²) in [5.41, 5.74) is 2.45. The summed E-state index contributed by atoms with van der Waals surface area (Å²) in [6, 6.07) is 14.4. The number of hydrogen-bond acceptors (Lipinski definition) is 5. The standard InChI is InChI=1S/C21H29N3O3S/c1-28(25,26)23-20-10-14-24(15-11-20)13-9-19-7-8-21(22-17-19)27-16-12-18-5-3-2-4-6-18/h2-8,17,20,23H,9-16H2,1H3. The lowest BCUT2D eigenvalue weighted by Crippen LogP contribution is -2.44. The van der Waals surface area contributed by atoms with Crippen LogP contribution in [-0.4, -0.2) is 56.8 Å². The van der Waals surface area contributed by atoms with Crippen LogP contribution in [0.1, 0.15) is 24.0 Å². The van der Waals surface area contributed by atoms with E-state index in [1.165, 1.54) is 17.4 Å². The summed E-state index contributed by atoms with van der Waals surface area (Å²) >= 11 is 0. The van der Waals surface area contributed by atoms with Crippen molar-refractivity contribution in [3.05, 3.63) is 59.8 Å². The number of aromatic nitrogens is 1. The van der Waals surface area contributed by atoms with Crippen LogP contribution in [0.2, 0.25) is 0 Å². The Morgan fingerprint density at radius 3 is 2.46 bits per heavy atom. The van der Waals surface area contributed by atoms with Crippen LogP contribution < -0.4 is 9.46 Å². The van der Waals surface area contributed by atoms with E-state index < -0.39 is 10.0 Å². The lowest BCUT2D eigenvalue weighted by Gasteiger charge is -2.31. The van der Waals surface area contributed by atoms with Gasteiger partial charge in [-0.1, -0.05) is 36.4 Å². The molecular weight excluding hydrogens is 374 g/mol. The molecule has 0 bridgehead atoms. The van der Waals surface area contributed by atoms with Gasteiger partial charge in [-0.2, -0.15) is 0 Å². The SMILES string of the molecule is CS(=O)(=O)NC1CCN(CCc2ccc(OCCc3ccccc3)nc2)CC1. The van der Waals surface area contributed by atoms with Crippen molar-refractivity contribution < 1.29 is 13.2 Å². The minimum absolute atomic E-state index is 0.0697. The molecule has 6 nitrogen and oxygen atoms in total. The second-order valence-electron chi connectivity index (χ2n) is 7.34. The molecule has 1 fully saturated rings. The fraction of sp³-hybridized carbons (Fsp3) is 0.476. The van der Waals surface area contributed by atoms with Crippen molar-refractivity contribution in [2.75, 3.05) is 32.5 Å². The zero-order chi connectivity index (χ0) is 19.8. The summed E-state index contributed by atoms with van der Waals surface area (Å²) < 4.78 is 31.1. The molecule has 0 radical (unpaired) electrons. The Hall–Kier alpha value is -1.96. The molecule has 0 unspecified atom stereocenters. The molecule has 152 valence electrons. The largest absolute Gasteiger partial charge is 0.477 e. The third kappa shape index (κ3) is 7.22. The summed E-state index contributed by atoms with van der Waals surface area (Å²) in [6.07, 6.45) is 6.63. The molecule has 7 heteroatoms. The van der Waals surface area contributed by atoms with E-state index in [4.69, 9.17) is 4.74 Å². The molecule has 0 aliphatic carbocycles. The smallest absolute Gasteiger partial charge is 0.213 e. The van der Waals surface area contributed by atoms with E-state index in [0.29, 0.717) is 12.5 Å². The molecule has 1 saturated heterocycles. The lowest BCUT2D eigenvalue weighted by atomic mass is 10.1. The van der Waals surface area contributed by atoms with Gasteiger partial charge in [-0.15, -0.1) is 0 Å². The van der Waals surface area contributed by atoms with Crippen LogP contribution in [0.5, 0.6) is 5.88 Å². The van der Waals surface area contributed by atoms with E-state index in [2.05, 4.69) is 32.8 Å². The molecule has 1 aliphatic rings. The molecule has 1 aliphatic heterocycles. The normalized spacial score (nSPS) is 16.2. The van der Waals surface area contributed by atoms with Crippen molar-refractivity contribution in [3.8, 4) is 5.88 Å². The number of piperidine rings is 1. The molecule has 1 N–H and O–H groups in total. The number of benzene rings is 1. The summed E-state index contributed by atoms with van der Waals surface area (Å²) in [7, 11) is -3.11. The van der Waals surface area contributed by atoms with Crippen molar-refractivity contribution >= 4 is 10.0 Å². The van der Waals surface area contributed by atoms with Gasteiger partial charge in [-0.05, 0) is 43.5 Å². The summed E-state index contributed by atoms with van der Waals surface area (Å²) in [4.78, 5) is 6.79. The maximum atomic E-state index is 11.3. The maximum Gasteiger partial charge on any atom is 0.213 e. The van der Waals surface area contributed by atoms with Gasteiger partial charge in [0.2, 0.25) is 15.9 Å². The number of sulfonamides is 1. The van der Waals surface area contributed by atoms with Crippen molar-refractivity contribution in [3.63, 3.8) is 0 Å². The van der Waals surface area contributed by atoms with Crippen molar-refractivity contribution in [2.45, 2.75) is 31.7 Å². The molecule has 1 aromatic heterocycles. The topological polar surface area (TPSA) is 71.5 Å². The van der Waals surface area contributed by atoms with Gasteiger partial charge in [0.25, 0.3) is 0 Å². The van der Waals surface area contributed by atoms with E-state index >= 15 is 0 Å². The number of ether oxygens (including phenoxy) is 1. The zero-order valence-electron chi connectivity index (χ0n) is 16.4. The van der Waals surface area contributed by atoms with Crippen molar-refractivity contribution in [1.82, 2.24) is 14.6 Å². The van der Waals surface area contributed by atoms with Crippen molar-refractivity contribution in [2.24, 2.45) is 0 Å². The van der Waals surface area contributed by atoms with E-state index in [-0.39, 0.29) is 6.04 Å². The first-order valence-electron chi connectivity index (χ1n) is 9.79. The highest BCUT2D eigenvalue weighted by atomic mass is 32.2. The van der Waals surface area contributed by atoms with Gasteiger partial charge in [0.1, 0.15) is 0 Å². The zero-order valence-corrected chi connectivity index (χ0v) is 17.2. The number of pyridine rings is 1. The maximum absolute atomic E-state index is 11.3. The Morgan fingerprint density at radius 1 is 1.07 bits per heavy atom. The van der Waals surface area contributed by atoms with Gasteiger partial charge in [0, 0.05) is 31.3 Å². The predicted octanol–water partition coefficient (Wildman–Crippen LogP) is 2.26. The van der Waals surface area contributed by atoms with Crippen LogP contribution in [-0.2, 0) is 22.9 Å². The fourth-order valence-electron chi connectivity index (χ4n) is 3.43. The second-order valence-corrected chi connectivity index (χ2v) is 9.12. The molecule has 0 spiro atoms. The first-order chi connectivity index (χ1) is 13.5. The van der Waals surface area contributed by atoms with Gasteiger partial charge in [-0.25, -0.2) is 18.1 Å². The van der Waals surface area contributed by atoms with Gasteiger partial charge < -0.3 is 9.64 Å². The molecule has 0 saturated carbocycles. The molecule has 1 aromatic carbocycles. The number of nitrogens with one attached hydrogen (secondary N) is 1. The van der Waals surface area contributed by atoms with Crippen LogP contribution >= 0.6 is 0 Å². The van der Waals surface area contributed by atoms with E-state index in [1.54, 1.807) is 0 Å². The summed E-state index contributed by atoms with van der Waals surface area (Å²) in [5.74, 6) is 0.660. The van der Waals surface area contributed by atoms with Crippen LogP contribution in [0, 0.1) is 0 Å². The third-order valence-electron chi connectivity index (χ3n) is 4.97. The first kappa shape index (κ1) is 20.8. The van der Waals surface area contributed by atoms with Crippen molar-refractivity contribution in [1.29, 1.82) is 0 Å². The Bertz CT molecular complexity index is 818. The number of hydrogen-bond donors (Lipinski definition) is 1. The molecule has 3 rings (SSSR count). The third-order valence-corrected chi connectivity index (χ3v) is 5.73. The van der Waals surface area contributed by atoms with Crippen LogP contribution in [0.15, 0.2) is 48.7 Å². The molecule has 0 amide bonds. The fourth-order valence-corrected chi connectivity index (χ4v) is 4.27. The predicted molar refractivity (Wildman–Crippen MR) is 111 cm³/mol. The minimum Gasteiger partial charge on any atom is -0.477 e. The minimum atomic E-state index is -3.11. The quantitative estimate of drug-likeness (QED) is 0.695. The van der Waals surface area contributed by atoms with Crippen LogP contribution in [0.25, 0.3) is 0 Å². The Balaban J connectivity index is 1.35. The highest BCUT2D eigenvalue weighted by Gasteiger charge is 2.21. The highest BCUT2D eigenvalue weighted by Crippen LogP contribution is 2.13. The van der Waals surface area contributed by atoms with Gasteiger partial charge >= 0.3 is 0 Å². The number of nitrogens with zero attached hydrogens (tertiary/aromatic N) is 2. The molecule has 2 aromatic rings. The Labute approximate surface area is 168 Å². The molecule has 28 heavy (non-hydrogen) atoms. The summed E-state index contributed by atoms with van der Waals surface area (Å²) in [5, 5.41) is 0. The monoisotopic (exact) mass is 403 g/mol.